The van der Waals surface area contributed by atoms with E-state index in [1.165, 1.54) is 44.1 Å². The lowest BCUT2D eigenvalue weighted by atomic mass is 10.0. The molecule has 0 bridgehead atoms. The lowest BCUT2D eigenvalue weighted by molar-refractivity contribution is -0.117. The Balaban J connectivity index is 1.67. The van der Waals surface area contributed by atoms with E-state index < -0.39 is 0 Å². The van der Waals surface area contributed by atoms with Gasteiger partial charge in [0.15, 0.2) is 0 Å². The maximum absolute atomic E-state index is 12.0. The van der Waals surface area contributed by atoms with Gasteiger partial charge in [0.2, 0.25) is 5.91 Å². The summed E-state index contributed by atoms with van der Waals surface area (Å²) in [4.78, 5) is 12.0. The van der Waals surface area contributed by atoms with Crippen LogP contribution in [0.25, 0.3) is 0 Å². The number of rotatable bonds is 9. The minimum absolute atomic E-state index is 0.0113. The molecule has 3 nitrogen and oxygen atoms in total. The van der Waals surface area contributed by atoms with Crippen molar-refractivity contribution in [3.63, 3.8) is 0 Å². The van der Waals surface area contributed by atoms with Gasteiger partial charge in [-0.05, 0) is 49.9 Å². The number of benzene rings is 1. The van der Waals surface area contributed by atoms with Crippen LogP contribution in [0.2, 0.25) is 0 Å². The molecule has 1 aromatic carbocycles. The van der Waals surface area contributed by atoms with Crippen molar-refractivity contribution in [1.82, 2.24) is 5.32 Å². The highest BCUT2D eigenvalue weighted by molar-refractivity contribution is 5.95. The summed E-state index contributed by atoms with van der Waals surface area (Å²) in [6.07, 6.45) is 11.2. The second kappa shape index (κ2) is 9.62. The molecule has 122 valence electrons. The van der Waals surface area contributed by atoms with Gasteiger partial charge in [-0.1, -0.05) is 51.2 Å². The second-order valence-corrected chi connectivity index (χ2v) is 6.35. The molecule has 0 saturated carbocycles. The number of amides is 1. The van der Waals surface area contributed by atoms with Gasteiger partial charge < -0.3 is 10.6 Å². The largest absolute Gasteiger partial charge is 0.325 e. The maximum Gasteiger partial charge on any atom is 0.241 e. The summed E-state index contributed by atoms with van der Waals surface area (Å²) >= 11 is 0. The fraction of sp³-hybridized carbons (Fsp3) is 0.632. The van der Waals surface area contributed by atoms with E-state index in [1.54, 1.807) is 0 Å². The van der Waals surface area contributed by atoms with Crippen LogP contribution in [0.5, 0.6) is 0 Å². The fourth-order valence-electron chi connectivity index (χ4n) is 3.00. The summed E-state index contributed by atoms with van der Waals surface area (Å²) in [5, 5.41) is 6.22. The fourth-order valence-corrected chi connectivity index (χ4v) is 3.00. The van der Waals surface area contributed by atoms with E-state index in [1.807, 2.05) is 12.1 Å². The Labute approximate surface area is 134 Å². The van der Waals surface area contributed by atoms with Crippen LogP contribution in [0.1, 0.15) is 63.9 Å². The first kappa shape index (κ1) is 17.0. The van der Waals surface area contributed by atoms with Gasteiger partial charge in [-0.2, -0.15) is 0 Å². The molecule has 0 aliphatic carbocycles. The van der Waals surface area contributed by atoms with Gasteiger partial charge >= 0.3 is 0 Å². The first-order valence-electron chi connectivity index (χ1n) is 8.93. The first-order valence-corrected chi connectivity index (χ1v) is 8.93. The number of hydrogen-bond donors (Lipinski definition) is 2. The highest BCUT2D eigenvalue weighted by Crippen LogP contribution is 2.15. The monoisotopic (exact) mass is 302 g/mol. The topological polar surface area (TPSA) is 41.1 Å². The van der Waals surface area contributed by atoms with Crippen molar-refractivity contribution < 1.29 is 4.79 Å². The summed E-state index contributed by atoms with van der Waals surface area (Å²) in [5.74, 6) is 0.0983. The van der Waals surface area contributed by atoms with Crippen molar-refractivity contribution in [1.29, 1.82) is 0 Å². The number of nitrogens with one attached hydrogen (secondary N) is 2. The normalized spacial score (nSPS) is 17.6. The molecule has 2 N–H and O–H groups in total. The van der Waals surface area contributed by atoms with E-state index in [2.05, 4.69) is 29.7 Å². The SMILES string of the molecule is CCCCCCCCc1ccc(NC(=O)[C@H]2CCCN2)cc1. The summed E-state index contributed by atoms with van der Waals surface area (Å²) in [6.45, 7) is 3.21. The molecule has 0 radical (unpaired) electrons. The van der Waals surface area contributed by atoms with Crippen LogP contribution in [0.15, 0.2) is 24.3 Å². The average molecular weight is 302 g/mol. The van der Waals surface area contributed by atoms with Gasteiger partial charge in [-0.3, -0.25) is 4.79 Å². The van der Waals surface area contributed by atoms with Crippen LogP contribution in [0, 0.1) is 0 Å². The molecule has 1 aliphatic rings. The molecule has 1 saturated heterocycles. The summed E-state index contributed by atoms with van der Waals surface area (Å²) in [7, 11) is 0. The van der Waals surface area contributed by atoms with Gasteiger partial charge in [0.25, 0.3) is 0 Å². The maximum atomic E-state index is 12.0. The number of anilines is 1. The zero-order valence-electron chi connectivity index (χ0n) is 13.9. The number of hydrogen-bond acceptors (Lipinski definition) is 2. The Kier molecular flexibility index (Phi) is 7.44. The lowest BCUT2D eigenvalue weighted by Crippen LogP contribution is -2.35. The van der Waals surface area contributed by atoms with E-state index in [4.69, 9.17) is 0 Å². The van der Waals surface area contributed by atoms with Crippen molar-refractivity contribution in [3.8, 4) is 0 Å². The molecule has 1 aromatic rings. The van der Waals surface area contributed by atoms with Crippen LogP contribution in [-0.4, -0.2) is 18.5 Å². The third-order valence-corrected chi connectivity index (χ3v) is 4.42. The molecule has 1 heterocycles. The van der Waals surface area contributed by atoms with Crippen molar-refractivity contribution >= 4 is 11.6 Å². The number of unbranched alkanes of at least 4 members (excludes halogenated alkanes) is 5. The highest BCUT2D eigenvalue weighted by Gasteiger charge is 2.21. The van der Waals surface area contributed by atoms with Gasteiger partial charge in [-0.15, -0.1) is 0 Å². The zero-order chi connectivity index (χ0) is 15.6. The lowest BCUT2D eigenvalue weighted by Gasteiger charge is -2.11. The minimum Gasteiger partial charge on any atom is -0.325 e. The first-order chi connectivity index (χ1) is 10.8. The van der Waals surface area contributed by atoms with Crippen LogP contribution >= 0.6 is 0 Å². The van der Waals surface area contributed by atoms with E-state index >= 15 is 0 Å². The molecule has 2 rings (SSSR count). The molecule has 0 unspecified atom stereocenters. The van der Waals surface area contributed by atoms with Gasteiger partial charge in [-0.25, -0.2) is 0 Å². The third-order valence-electron chi connectivity index (χ3n) is 4.42. The van der Waals surface area contributed by atoms with Gasteiger partial charge in [0.05, 0.1) is 6.04 Å². The van der Waals surface area contributed by atoms with Gasteiger partial charge in [0.1, 0.15) is 0 Å². The van der Waals surface area contributed by atoms with Crippen LogP contribution in [0.3, 0.4) is 0 Å². The van der Waals surface area contributed by atoms with Crippen LogP contribution < -0.4 is 10.6 Å². The Hall–Kier alpha value is -1.35. The molecule has 1 aliphatic heterocycles. The summed E-state index contributed by atoms with van der Waals surface area (Å²) < 4.78 is 0. The van der Waals surface area contributed by atoms with Crippen LogP contribution in [-0.2, 0) is 11.2 Å². The Morgan fingerprint density at radius 2 is 1.86 bits per heavy atom. The number of aryl methyl sites for hydroxylation is 1. The standard InChI is InChI=1S/C19H30N2O/c1-2-3-4-5-6-7-9-16-11-13-17(14-12-16)21-19(22)18-10-8-15-20-18/h11-14,18,20H,2-10,15H2,1H3,(H,21,22)/t18-/m1/s1. The smallest absolute Gasteiger partial charge is 0.241 e. The summed E-state index contributed by atoms with van der Waals surface area (Å²) in [5.41, 5.74) is 2.28. The molecular weight excluding hydrogens is 272 g/mol. The molecule has 1 amide bonds. The predicted molar refractivity (Wildman–Crippen MR) is 93.2 cm³/mol. The number of carbonyl (C=O) groups is 1. The molecule has 1 atom stereocenters. The van der Waals surface area contributed by atoms with Crippen molar-refractivity contribution in [2.75, 3.05) is 11.9 Å². The average Bonchev–Trinajstić information content (AvgIpc) is 3.07. The Morgan fingerprint density at radius 3 is 2.55 bits per heavy atom. The van der Waals surface area contributed by atoms with Crippen molar-refractivity contribution in [3.05, 3.63) is 29.8 Å². The molecule has 0 aromatic heterocycles. The van der Waals surface area contributed by atoms with Crippen molar-refractivity contribution in [2.24, 2.45) is 0 Å². The predicted octanol–water partition coefficient (Wildman–Crippen LogP) is 4.28. The van der Waals surface area contributed by atoms with E-state index in [0.717, 1.165) is 31.5 Å². The van der Waals surface area contributed by atoms with E-state index in [9.17, 15) is 4.79 Å². The van der Waals surface area contributed by atoms with E-state index in [-0.39, 0.29) is 11.9 Å². The quantitative estimate of drug-likeness (QED) is 0.668. The molecular formula is C19H30N2O. The second-order valence-electron chi connectivity index (χ2n) is 6.35. The molecule has 1 fully saturated rings. The molecule has 22 heavy (non-hydrogen) atoms. The van der Waals surface area contributed by atoms with Crippen molar-refractivity contribution in [2.45, 2.75) is 70.8 Å². The number of carbonyl (C=O) groups excluding carboxylic acids is 1. The summed E-state index contributed by atoms with van der Waals surface area (Å²) in [6, 6.07) is 8.33. The van der Waals surface area contributed by atoms with E-state index in [0.29, 0.717) is 0 Å². The zero-order valence-corrected chi connectivity index (χ0v) is 13.9. The highest BCUT2D eigenvalue weighted by atomic mass is 16.2. The third kappa shape index (κ3) is 5.80. The molecule has 3 heteroatoms. The minimum atomic E-state index is -0.0113. The molecule has 0 spiro atoms. The Morgan fingerprint density at radius 1 is 1.14 bits per heavy atom. The van der Waals surface area contributed by atoms with Gasteiger partial charge in [0, 0.05) is 5.69 Å². The Bertz CT molecular complexity index is 435. The van der Waals surface area contributed by atoms with Crippen LogP contribution in [0.4, 0.5) is 5.69 Å².